The summed E-state index contributed by atoms with van der Waals surface area (Å²) in [5.41, 5.74) is 5.62. The van der Waals surface area contributed by atoms with Gasteiger partial charge in [-0.15, -0.1) is 0 Å². The summed E-state index contributed by atoms with van der Waals surface area (Å²) < 4.78 is 26.7. The lowest BCUT2D eigenvalue weighted by Crippen LogP contribution is -2.13. The van der Waals surface area contributed by atoms with Crippen LogP contribution in [0.1, 0.15) is 10.4 Å². The molecule has 3 nitrogen and oxygen atoms in total. The number of rotatable bonds is 2. The van der Waals surface area contributed by atoms with Crippen LogP contribution in [0.3, 0.4) is 0 Å². The molecule has 0 spiro atoms. The van der Waals surface area contributed by atoms with Crippen LogP contribution >= 0.6 is 39.1 Å². The highest BCUT2D eigenvalue weighted by Crippen LogP contribution is 2.30. The Kier molecular flexibility index (Phi) is 4.70. The fourth-order valence-corrected chi connectivity index (χ4v) is 2.36. The van der Waals surface area contributed by atoms with Crippen LogP contribution in [-0.2, 0) is 0 Å². The molecule has 0 saturated carbocycles. The molecule has 0 aliphatic rings. The van der Waals surface area contributed by atoms with Gasteiger partial charge in [0, 0.05) is 11.6 Å². The third-order valence-corrected chi connectivity index (χ3v) is 3.83. The number of hydrogen-bond donors (Lipinski definition) is 2. The van der Waals surface area contributed by atoms with E-state index in [-0.39, 0.29) is 31.5 Å². The monoisotopic (exact) mass is 394 g/mol. The Morgan fingerprint density at radius 1 is 1.10 bits per heavy atom. The lowest BCUT2D eigenvalue weighted by atomic mass is 10.2. The minimum absolute atomic E-state index is 0.0209. The van der Waals surface area contributed by atoms with Crippen molar-refractivity contribution in [2.24, 2.45) is 0 Å². The molecule has 2 aromatic carbocycles. The number of nitrogens with two attached hydrogens (primary N) is 1. The zero-order valence-electron chi connectivity index (χ0n) is 10.2. The number of nitrogens with one attached hydrogen (secondary N) is 1. The Hall–Kier alpha value is -1.37. The van der Waals surface area contributed by atoms with E-state index in [0.717, 1.165) is 6.07 Å². The van der Waals surface area contributed by atoms with Crippen molar-refractivity contribution in [3.8, 4) is 0 Å². The fourth-order valence-electron chi connectivity index (χ4n) is 1.53. The molecular weight excluding hydrogens is 389 g/mol. The van der Waals surface area contributed by atoms with Gasteiger partial charge in [0.15, 0.2) is 0 Å². The standard InChI is InChI=1S/C13H7BrCl2F2N2O/c14-6-3-11(10(18)4-9(6)17)20-13(21)5-1-7(15)12(19)8(16)2-5/h1-4H,19H2,(H,20,21). The molecule has 0 heterocycles. The summed E-state index contributed by atoms with van der Waals surface area (Å²) >= 11 is 14.6. The van der Waals surface area contributed by atoms with Crippen molar-refractivity contribution in [3.63, 3.8) is 0 Å². The van der Waals surface area contributed by atoms with Gasteiger partial charge in [-0.05, 0) is 34.1 Å². The number of carbonyl (C=O) groups is 1. The Balaban J connectivity index is 2.32. The van der Waals surface area contributed by atoms with Crippen molar-refractivity contribution < 1.29 is 13.6 Å². The number of carbonyl (C=O) groups excluding carboxylic acids is 1. The van der Waals surface area contributed by atoms with E-state index in [1.165, 1.54) is 12.1 Å². The fraction of sp³-hybridized carbons (Fsp3) is 0. The highest BCUT2D eigenvalue weighted by atomic mass is 79.9. The summed E-state index contributed by atoms with van der Waals surface area (Å²) in [4.78, 5) is 12.0. The van der Waals surface area contributed by atoms with Crippen LogP contribution < -0.4 is 11.1 Å². The zero-order chi connectivity index (χ0) is 15.7. The first-order valence-electron chi connectivity index (χ1n) is 5.50. The highest BCUT2D eigenvalue weighted by Gasteiger charge is 2.15. The van der Waals surface area contributed by atoms with E-state index in [0.29, 0.717) is 6.07 Å². The number of amides is 1. The SMILES string of the molecule is Nc1c(Cl)cc(C(=O)Nc2cc(Br)c(F)cc2F)cc1Cl. The van der Waals surface area contributed by atoms with Crippen LogP contribution in [0.2, 0.25) is 10.0 Å². The molecule has 0 aromatic heterocycles. The molecule has 0 fully saturated rings. The summed E-state index contributed by atoms with van der Waals surface area (Å²) in [6.45, 7) is 0. The van der Waals surface area contributed by atoms with Crippen LogP contribution in [0.25, 0.3) is 0 Å². The minimum atomic E-state index is -0.906. The molecular formula is C13H7BrCl2F2N2O. The summed E-state index contributed by atoms with van der Waals surface area (Å²) in [7, 11) is 0. The molecule has 110 valence electrons. The molecule has 0 unspecified atom stereocenters. The van der Waals surface area contributed by atoms with Gasteiger partial charge in [-0.25, -0.2) is 8.78 Å². The van der Waals surface area contributed by atoms with E-state index in [1.54, 1.807) is 0 Å². The van der Waals surface area contributed by atoms with Crippen LogP contribution in [0.4, 0.5) is 20.2 Å². The quantitative estimate of drug-likeness (QED) is 0.563. The molecule has 8 heteroatoms. The lowest BCUT2D eigenvalue weighted by Gasteiger charge is -2.09. The van der Waals surface area contributed by atoms with Crippen LogP contribution in [-0.4, -0.2) is 5.91 Å². The molecule has 0 saturated heterocycles. The molecule has 0 radical (unpaired) electrons. The zero-order valence-corrected chi connectivity index (χ0v) is 13.3. The third kappa shape index (κ3) is 3.45. The van der Waals surface area contributed by atoms with Gasteiger partial charge in [0.25, 0.3) is 5.91 Å². The number of benzene rings is 2. The summed E-state index contributed by atoms with van der Waals surface area (Å²) in [5.74, 6) is -2.34. The number of nitrogen functional groups attached to an aromatic ring is 1. The van der Waals surface area contributed by atoms with Crippen molar-refractivity contribution in [2.75, 3.05) is 11.1 Å². The van der Waals surface area contributed by atoms with Gasteiger partial charge in [0.1, 0.15) is 11.6 Å². The number of halogens is 5. The predicted octanol–water partition coefficient (Wildman–Crippen LogP) is 4.87. The number of hydrogen-bond acceptors (Lipinski definition) is 2. The van der Waals surface area contributed by atoms with Gasteiger partial charge >= 0.3 is 0 Å². The molecule has 2 aromatic rings. The third-order valence-electron chi connectivity index (χ3n) is 2.60. The topological polar surface area (TPSA) is 55.1 Å². The maximum atomic E-state index is 13.6. The molecule has 0 bridgehead atoms. The smallest absolute Gasteiger partial charge is 0.255 e. The molecule has 2 rings (SSSR count). The van der Waals surface area contributed by atoms with Crippen LogP contribution in [0.15, 0.2) is 28.7 Å². The maximum absolute atomic E-state index is 13.6. The maximum Gasteiger partial charge on any atom is 0.255 e. The van der Waals surface area contributed by atoms with Crippen LogP contribution in [0.5, 0.6) is 0 Å². The van der Waals surface area contributed by atoms with E-state index in [9.17, 15) is 13.6 Å². The number of anilines is 2. The van der Waals surface area contributed by atoms with Gasteiger partial charge in [-0.2, -0.15) is 0 Å². The Bertz CT molecular complexity index is 717. The van der Waals surface area contributed by atoms with Gasteiger partial charge in [0.2, 0.25) is 0 Å². The average Bonchev–Trinajstić information content (AvgIpc) is 2.41. The van der Waals surface area contributed by atoms with Crippen molar-refractivity contribution in [3.05, 3.63) is 56.0 Å². The van der Waals surface area contributed by atoms with E-state index >= 15 is 0 Å². The Morgan fingerprint density at radius 3 is 2.24 bits per heavy atom. The average molecular weight is 396 g/mol. The second kappa shape index (κ2) is 6.17. The first-order chi connectivity index (χ1) is 9.79. The van der Waals surface area contributed by atoms with Crippen molar-refractivity contribution >= 4 is 56.4 Å². The Morgan fingerprint density at radius 2 is 1.67 bits per heavy atom. The van der Waals surface area contributed by atoms with Gasteiger partial charge in [-0.1, -0.05) is 23.2 Å². The van der Waals surface area contributed by atoms with E-state index in [2.05, 4.69) is 21.2 Å². The Labute approximate surface area is 137 Å². The predicted molar refractivity (Wildman–Crippen MR) is 82.9 cm³/mol. The van der Waals surface area contributed by atoms with Crippen molar-refractivity contribution in [1.29, 1.82) is 0 Å². The van der Waals surface area contributed by atoms with E-state index in [4.69, 9.17) is 28.9 Å². The molecule has 21 heavy (non-hydrogen) atoms. The highest BCUT2D eigenvalue weighted by molar-refractivity contribution is 9.10. The normalized spacial score (nSPS) is 10.5. The van der Waals surface area contributed by atoms with E-state index < -0.39 is 17.5 Å². The summed E-state index contributed by atoms with van der Waals surface area (Å²) in [6.07, 6.45) is 0. The molecule has 0 atom stereocenters. The van der Waals surface area contributed by atoms with Gasteiger partial charge in [-0.3, -0.25) is 4.79 Å². The second-order valence-electron chi connectivity index (χ2n) is 4.05. The molecule has 3 N–H and O–H groups in total. The molecule has 0 aliphatic heterocycles. The van der Waals surface area contributed by atoms with Crippen molar-refractivity contribution in [2.45, 2.75) is 0 Å². The first-order valence-corrected chi connectivity index (χ1v) is 7.05. The lowest BCUT2D eigenvalue weighted by molar-refractivity contribution is 0.102. The van der Waals surface area contributed by atoms with Crippen LogP contribution in [0, 0.1) is 11.6 Å². The minimum Gasteiger partial charge on any atom is -0.396 e. The molecule has 0 aliphatic carbocycles. The van der Waals surface area contributed by atoms with Gasteiger partial charge < -0.3 is 11.1 Å². The largest absolute Gasteiger partial charge is 0.396 e. The van der Waals surface area contributed by atoms with Gasteiger partial charge in [0.05, 0.1) is 25.9 Å². The van der Waals surface area contributed by atoms with Crippen molar-refractivity contribution in [1.82, 2.24) is 0 Å². The summed E-state index contributed by atoms with van der Waals surface area (Å²) in [6, 6.07) is 4.37. The second-order valence-corrected chi connectivity index (χ2v) is 5.72. The summed E-state index contributed by atoms with van der Waals surface area (Å²) in [5, 5.41) is 2.51. The first kappa shape index (κ1) is 16.0. The van der Waals surface area contributed by atoms with E-state index in [1.807, 2.05) is 0 Å². The molecule has 1 amide bonds.